The maximum Gasteiger partial charge on any atom is 0.329 e. The summed E-state index contributed by atoms with van der Waals surface area (Å²) in [4.78, 5) is 57.9. The first-order valence-corrected chi connectivity index (χ1v) is 21.3. The molecule has 2 saturated heterocycles. The Bertz CT molecular complexity index is 1520. The number of nitrogens with zero attached hydrogens (tertiary/aromatic N) is 1. The maximum atomic E-state index is 14.3. The van der Waals surface area contributed by atoms with Crippen LogP contribution in [0.1, 0.15) is 112 Å². The molecule has 1 saturated carbocycles. The van der Waals surface area contributed by atoms with Gasteiger partial charge in [0.05, 0.1) is 30.0 Å². The lowest BCUT2D eigenvalue weighted by Gasteiger charge is -2.47. The predicted molar refractivity (Wildman–Crippen MR) is 217 cm³/mol. The fourth-order valence-electron chi connectivity index (χ4n) is 9.66. The minimum atomic E-state index is -2.51. The summed E-state index contributed by atoms with van der Waals surface area (Å²) in [5, 5.41) is 34.7. The van der Waals surface area contributed by atoms with Gasteiger partial charge >= 0.3 is 5.97 Å². The lowest BCUT2D eigenvalue weighted by Crippen LogP contribution is -2.64. The molecule has 13 nitrogen and oxygen atoms in total. The molecule has 3 heterocycles. The highest BCUT2D eigenvalue weighted by atomic mass is 16.7. The number of ether oxygens (including phenoxy) is 5. The van der Waals surface area contributed by atoms with Gasteiger partial charge in [0.1, 0.15) is 24.0 Å². The number of ketones is 2. The number of carbonyl (C=O) groups is 4. The van der Waals surface area contributed by atoms with Gasteiger partial charge < -0.3 is 43.9 Å². The molecule has 14 atom stereocenters. The van der Waals surface area contributed by atoms with Crippen LogP contribution in [0.25, 0.3) is 0 Å². The first kappa shape index (κ1) is 47.9. The van der Waals surface area contributed by atoms with Crippen molar-refractivity contribution in [1.82, 2.24) is 4.90 Å². The molecule has 1 aliphatic carbocycles. The van der Waals surface area contributed by atoms with Crippen molar-refractivity contribution >= 4 is 23.4 Å². The van der Waals surface area contributed by atoms with E-state index < -0.39 is 89.5 Å². The van der Waals surface area contributed by atoms with Crippen molar-refractivity contribution in [2.75, 3.05) is 27.9 Å². The number of rotatable bonds is 7. The van der Waals surface area contributed by atoms with Gasteiger partial charge in [-0.1, -0.05) is 44.6 Å². The van der Waals surface area contributed by atoms with Gasteiger partial charge in [0.2, 0.25) is 5.79 Å². The summed E-state index contributed by atoms with van der Waals surface area (Å²) in [6.45, 7) is 14.9. The van der Waals surface area contributed by atoms with Gasteiger partial charge in [0, 0.05) is 52.0 Å². The van der Waals surface area contributed by atoms with E-state index in [1.807, 2.05) is 32.9 Å². The fourth-order valence-corrected chi connectivity index (χ4v) is 9.66. The van der Waals surface area contributed by atoms with E-state index in [2.05, 4.69) is 6.58 Å². The second kappa shape index (κ2) is 20.7. The van der Waals surface area contributed by atoms with Crippen molar-refractivity contribution < 1.29 is 58.2 Å². The quantitative estimate of drug-likeness (QED) is 0.178. The first-order chi connectivity index (χ1) is 27.3. The van der Waals surface area contributed by atoms with Gasteiger partial charge in [-0.15, -0.1) is 6.58 Å². The number of amides is 1. The molecule has 0 radical (unpaired) electrons. The summed E-state index contributed by atoms with van der Waals surface area (Å²) in [5.74, 6) is -7.81. The molecule has 0 aromatic heterocycles. The molecule has 2 bridgehead atoms. The van der Waals surface area contributed by atoms with Crippen LogP contribution in [0, 0.1) is 29.6 Å². The average Bonchev–Trinajstić information content (AvgIpc) is 3.18. The number of fused-ring (bicyclic) bond motifs is 3. The number of hydrogen-bond acceptors (Lipinski definition) is 12. The van der Waals surface area contributed by atoms with Crippen LogP contribution in [0.2, 0.25) is 0 Å². The molecule has 328 valence electrons. The number of carbonyl (C=O) groups excluding carboxylic acids is 4. The van der Waals surface area contributed by atoms with Gasteiger partial charge in [0.25, 0.3) is 11.7 Å². The van der Waals surface area contributed by atoms with Crippen LogP contribution in [0.4, 0.5) is 0 Å². The smallest absolute Gasteiger partial charge is 0.329 e. The normalized spacial score (nSPS) is 40.9. The number of aliphatic hydroxyl groups is 3. The number of methoxy groups -OCH3 is 3. The van der Waals surface area contributed by atoms with Crippen LogP contribution >= 0.6 is 0 Å². The molecule has 13 heteroatoms. The van der Waals surface area contributed by atoms with E-state index in [0.29, 0.717) is 56.9 Å². The lowest BCUT2D eigenvalue weighted by molar-refractivity contribution is -0.302. The summed E-state index contributed by atoms with van der Waals surface area (Å²) in [5.41, 5.74) is 0.611. The third-order valence-corrected chi connectivity index (χ3v) is 13.3. The average molecular weight is 818 g/mol. The standard InChI is InChI=1S/C45H71NO12/c1-11-14-32-20-26(2)19-27(3)21-36(54-8)40-37(55-9)23-29(5)45(53,58-40)41(49)42(50)46-18-13-12-15-33(46)43(51)57-39(30(6)34(47)25-35(32)48)28(4)22-31-16-17-44(7,52)38(24-31)56-10/h11,20,22,27,29-34,36-40,47,52-53H,1,12-19,21,23-25H2,2-10H3. The Morgan fingerprint density at radius 3 is 2.29 bits per heavy atom. The van der Waals surface area contributed by atoms with Gasteiger partial charge in [-0.2, -0.15) is 0 Å². The molecule has 3 fully saturated rings. The molecule has 58 heavy (non-hydrogen) atoms. The zero-order valence-electron chi connectivity index (χ0n) is 36.3. The number of aliphatic hydroxyl groups excluding tert-OH is 1. The zero-order valence-corrected chi connectivity index (χ0v) is 36.3. The Morgan fingerprint density at radius 1 is 0.983 bits per heavy atom. The van der Waals surface area contributed by atoms with Crippen LogP contribution in [0.3, 0.4) is 0 Å². The molecule has 1 amide bonds. The number of esters is 1. The van der Waals surface area contributed by atoms with Crippen molar-refractivity contribution in [3.05, 3.63) is 36.0 Å². The Kier molecular flexibility index (Phi) is 17.1. The van der Waals surface area contributed by atoms with Crippen molar-refractivity contribution in [1.29, 1.82) is 0 Å². The number of Topliss-reactive ketones (excluding diaryl/α,β-unsaturated/α-hetero) is 2. The Hall–Kier alpha value is -2.78. The molecule has 0 aromatic rings. The number of cyclic esters (lactones) is 1. The Labute approximate surface area is 345 Å². The molecule has 4 aliphatic rings. The van der Waals surface area contributed by atoms with Gasteiger partial charge in [-0.3, -0.25) is 14.4 Å². The van der Waals surface area contributed by atoms with Gasteiger partial charge in [0.15, 0.2) is 0 Å². The van der Waals surface area contributed by atoms with E-state index in [1.165, 1.54) is 19.1 Å². The largest absolute Gasteiger partial charge is 0.456 e. The lowest BCUT2D eigenvalue weighted by atomic mass is 9.76. The topological polar surface area (TPSA) is 178 Å². The van der Waals surface area contributed by atoms with Gasteiger partial charge in [-0.05, 0) is 102 Å². The number of allylic oxidation sites excluding steroid dienone is 4. The highest BCUT2D eigenvalue weighted by Gasteiger charge is 2.56. The van der Waals surface area contributed by atoms with Crippen LogP contribution < -0.4 is 0 Å². The van der Waals surface area contributed by atoms with E-state index in [9.17, 15) is 34.5 Å². The highest BCUT2D eigenvalue weighted by molar-refractivity contribution is 6.39. The first-order valence-electron chi connectivity index (χ1n) is 21.3. The second-order valence-electron chi connectivity index (χ2n) is 18.0. The third-order valence-electron chi connectivity index (χ3n) is 13.3. The monoisotopic (exact) mass is 817 g/mol. The van der Waals surface area contributed by atoms with Crippen LogP contribution in [-0.4, -0.2) is 126 Å². The van der Waals surface area contributed by atoms with E-state index in [0.717, 1.165) is 5.57 Å². The second-order valence-corrected chi connectivity index (χ2v) is 18.0. The van der Waals surface area contributed by atoms with Gasteiger partial charge in [-0.25, -0.2) is 4.79 Å². The molecule has 0 aromatic carbocycles. The number of piperidine rings is 1. The molecule has 3 N–H and O–H groups in total. The SMILES string of the molecule is C=CCC1C=C(C)CC(C)CC(OC)C2OC(O)(C(=O)C(=O)N3CCCCC3C(=O)OC(C(C)=CC3CCC(C)(O)C(OC)C3)C(C)C(O)CC1=O)C(C)CC2OC. The minimum Gasteiger partial charge on any atom is -0.456 e. The van der Waals surface area contributed by atoms with E-state index in [4.69, 9.17) is 23.7 Å². The van der Waals surface area contributed by atoms with E-state index in [1.54, 1.807) is 34.0 Å². The minimum absolute atomic E-state index is 0.00790. The summed E-state index contributed by atoms with van der Waals surface area (Å²) < 4.78 is 29.9. The fraction of sp³-hybridized carbons (Fsp3) is 0.778. The summed E-state index contributed by atoms with van der Waals surface area (Å²) in [6.07, 6.45) is 5.35. The third kappa shape index (κ3) is 11.1. The molecular weight excluding hydrogens is 746 g/mol. The summed E-state index contributed by atoms with van der Waals surface area (Å²) >= 11 is 0. The predicted octanol–water partition coefficient (Wildman–Crippen LogP) is 5.03. The maximum absolute atomic E-state index is 14.3. The number of hydrogen-bond donors (Lipinski definition) is 3. The summed E-state index contributed by atoms with van der Waals surface area (Å²) in [6, 6.07) is -1.15. The zero-order chi connectivity index (χ0) is 43.1. The molecular formula is C45H71NO12. The van der Waals surface area contributed by atoms with Crippen molar-refractivity contribution in [3.63, 3.8) is 0 Å². The van der Waals surface area contributed by atoms with E-state index in [-0.39, 0.29) is 43.4 Å². The van der Waals surface area contributed by atoms with Crippen molar-refractivity contribution in [3.8, 4) is 0 Å². The highest BCUT2D eigenvalue weighted by Crippen LogP contribution is 2.40. The molecule has 4 rings (SSSR count). The molecule has 14 unspecified atom stereocenters. The van der Waals surface area contributed by atoms with Crippen LogP contribution in [0.5, 0.6) is 0 Å². The Morgan fingerprint density at radius 2 is 1.66 bits per heavy atom. The van der Waals surface area contributed by atoms with Crippen LogP contribution in [-0.2, 0) is 42.9 Å². The van der Waals surface area contributed by atoms with Crippen molar-refractivity contribution in [2.24, 2.45) is 29.6 Å². The van der Waals surface area contributed by atoms with Crippen LogP contribution in [0.15, 0.2) is 36.0 Å². The molecule has 3 aliphatic heterocycles. The Balaban J connectivity index is 1.78. The van der Waals surface area contributed by atoms with Crippen molar-refractivity contribution in [2.45, 2.75) is 166 Å². The van der Waals surface area contributed by atoms with E-state index >= 15 is 0 Å². The summed E-state index contributed by atoms with van der Waals surface area (Å²) in [7, 11) is 4.62. The molecule has 0 spiro atoms.